The van der Waals surface area contributed by atoms with Gasteiger partial charge < -0.3 is 14.5 Å². The van der Waals surface area contributed by atoms with Crippen LogP contribution in [-0.2, 0) is 0 Å². The Morgan fingerprint density at radius 1 is 1.26 bits per heavy atom. The monoisotopic (exact) mass is 326 g/mol. The van der Waals surface area contributed by atoms with E-state index in [1.165, 1.54) is 12.1 Å². The zero-order chi connectivity index (χ0) is 17.0. The van der Waals surface area contributed by atoms with Gasteiger partial charge in [0.05, 0.1) is 5.56 Å². The van der Waals surface area contributed by atoms with Crippen LogP contribution in [0.3, 0.4) is 0 Å². The van der Waals surface area contributed by atoms with Gasteiger partial charge >= 0.3 is 6.61 Å². The highest BCUT2D eigenvalue weighted by Crippen LogP contribution is 2.27. The molecule has 4 nitrogen and oxygen atoms in total. The molecule has 1 aromatic carbocycles. The van der Waals surface area contributed by atoms with Gasteiger partial charge in [0.2, 0.25) is 0 Å². The number of benzene rings is 1. The van der Waals surface area contributed by atoms with Gasteiger partial charge in [0.15, 0.2) is 0 Å². The summed E-state index contributed by atoms with van der Waals surface area (Å²) in [5, 5.41) is 0. The van der Waals surface area contributed by atoms with E-state index in [2.05, 4.69) is 30.7 Å². The first-order chi connectivity index (χ1) is 10.9. The molecular formula is C17H24F2N2O2. The summed E-state index contributed by atoms with van der Waals surface area (Å²) in [6.45, 7) is 0.541. The summed E-state index contributed by atoms with van der Waals surface area (Å²) in [7, 11) is 4.11. The maximum absolute atomic E-state index is 12.6. The molecule has 23 heavy (non-hydrogen) atoms. The maximum Gasteiger partial charge on any atom is 0.387 e. The summed E-state index contributed by atoms with van der Waals surface area (Å²) in [4.78, 5) is 16.5. The number of ether oxygens (including phenoxy) is 1. The number of alkyl halides is 2. The largest absolute Gasteiger partial charge is 0.434 e. The first-order valence-electron chi connectivity index (χ1n) is 7.89. The molecule has 1 amide bonds. The Labute approximate surface area is 136 Å². The van der Waals surface area contributed by atoms with Crippen LogP contribution in [0.5, 0.6) is 5.75 Å². The van der Waals surface area contributed by atoms with Gasteiger partial charge in [0, 0.05) is 19.1 Å². The average molecular weight is 326 g/mol. The normalized spacial score (nSPS) is 17.6. The van der Waals surface area contributed by atoms with Crippen molar-refractivity contribution in [2.45, 2.75) is 32.4 Å². The van der Waals surface area contributed by atoms with Crippen molar-refractivity contribution in [3.05, 3.63) is 29.8 Å². The molecule has 1 unspecified atom stereocenters. The van der Waals surface area contributed by atoms with Gasteiger partial charge in [0.25, 0.3) is 5.91 Å². The van der Waals surface area contributed by atoms with E-state index < -0.39 is 6.61 Å². The van der Waals surface area contributed by atoms with E-state index in [1.807, 2.05) is 0 Å². The first kappa shape index (κ1) is 17.7. The summed E-state index contributed by atoms with van der Waals surface area (Å²) in [5.41, 5.74) is 0.201. The number of carbonyl (C=O) groups is 1. The number of rotatable bonds is 5. The number of halogens is 2. The lowest BCUT2D eigenvalue weighted by molar-refractivity contribution is -0.0503. The predicted molar refractivity (Wildman–Crippen MR) is 84.9 cm³/mol. The Hall–Kier alpha value is -1.69. The molecule has 1 atom stereocenters. The van der Waals surface area contributed by atoms with E-state index in [4.69, 9.17) is 0 Å². The highest BCUT2D eigenvalue weighted by molar-refractivity contribution is 5.97. The van der Waals surface area contributed by atoms with Gasteiger partial charge in [-0.2, -0.15) is 8.78 Å². The van der Waals surface area contributed by atoms with Crippen molar-refractivity contribution in [1.29, 1.82) is 0 Å². The second-order valence-corrected chi connectivity index (χ2v) is 6.21. The average Bonchev–Trinajstić information content (AvgIpc) is 2.53. The molecule has 0 aromatic heterocycles. The maximum atomic E-state index is 12.6. The third-order valence-electron chi connectivity index (χ3n) is 4.66. The smallest absolute Gasteiger partial charge is 0.387 e. The van der Waals surface area contributed by atoms with Crippen LogP contribution >= 0.6 is 0 Å². The zero-order valence-corrected chi connectivity index (χ0v) is 13.8. The molecule has 0 aliphatic carbocycles. The van der Waals surface area contributed by atoms with Crippen LogP contribution in [0.15, 0.2) is 24.3 Å². The molecule has 1 fully saturated rings. The highest BCUT2D eigenvalue weighted by atomic mass is 19.3. The molecule has 2 rings (SSSR count). The molecule has 6 heteroatoms. The number of carbonyl (C=O) groups excluding carboxylic acids is 1. The van der Waals surface area contributed by atoms with Crippen LogP contribution in [0.1, 0.15) is 30.1 Å². The molecule has 128 valence electrons. The number of nitrogens with zero attached hydrogens (tertiary/aromatic N) is 2. The zero-order valence-electron chi connectivity index (χ0n) is 13.8. The van der Waals surface area contributed by atoms with E-state index >= 15 is 0 Å². The minimum absolute atomic E-state index is 0.0590. The SMILES string of the molecule is CC(C1CCN(C(=O)c2ccccc2OC(F)F)CC1)N(C)C. The fourth-order valence-corrected chi connectivity index (χ4v) is 3.02. The van der Waals surface area contributed by atoms with Gasteiger partial charge in [-0.25, -0.2) is 0 Å². The van der Waals surface area contributed by atoms with Crippen LogP contribution in [-0.4, -0.2) is 55.5 Å². The van der Waals surface area contributed by atoms with Crippen LogP contribution < -0.4 is 4.74 Å². The highest BCUT2D eigenvalue weighted by Gasteiger charge is 2.29. The van der Waals surface area contributed by atoms with Crippen molar-refractivity contribution in [3.63, 3.8) is 0 Å². The Balaban J connectivity index is 2.03. The van der Waals surface area contributed by atoms with Crippen LogP contribution in [0.25, 0.3) is 0 Å². The minimum Gasteiger partial charge on any atom is -0.434 e. The lowest BCUT2D eigenvalue weighted by atomic mass is 9.89. The summed E-state index contributed by atoms with van der Waals surface area (Å²) < 4.78 is 29.4. The molecule has 1 aliphatic heterocycles. The summed E-state index contributed by atoms with van der Waals surface area (Å²) in [5.74, 6) is 0.245. The van der Waals surface area contributed by atoms with E-state index in [1.54, 1.807) is 17.0 Å². The molecule has 0 spiro atoms. The van der Waals surface area contributed by atoms with Crippen LogP contribution in [0, 0.1) is 5.92 Å². The quantitative estimate of drug-likeness (QED) is 0.833. The van der Waals surface area contributed by atoms with E-state index in [9.17, 15) is 13.6 Å². The van der Waals surface area contributed by atoms with Crippen molar-refractivity contribution in [2.75, 3.05) is 27.2 Å². The molecule has 0 bridgehead atoms. The Morgan fingerprint density at radius 2 is 1.87 bits per heavy atom. The summed E-state index contributed by atoms with van der Waals surface area (Å²) in [6, 6.07) is 6.64. The van der Waals surface area contributed by atoms with Gasteiger partial charge in [-0.15, -0.1) is 0 Å². The molecule has 0 radical (unpaired) electrons. The topological polar surface area (TPSA) is 32.8 Å². The Morgan fingerprint density at radius 3 is 2.43 bits per heavy atom. The molecule has 1 heterocycles. The summed E-state index contributed by atoms with van der Waals surface area (Å²) in [6.07, 6.45) is 1.84. The van der Waals surface area contributed by atoms with Crippen molar-refractivity contribution in [2.24, 2.45) is 5.92 Å². The second-order valence-electron chi connectivity index (χ2n) is 6.21. The number of hydrogen-bond donors (Lipinski definition) is 0. The van der Waals surface area contributed by atoms with E-state index in [0.717, 1.165) is 12.8 Å². The van der Waals surface area contributed by atoms with Crippen molar-refractivity contribution >= 4 is 5.91 Å². The van der Waals surface area contributed by atoms with Crippen molar-refractivity contribution < 1.29 is 18.3 Å². The number of para-hydroxylation sites is 1. The predicted octanol–water partition coefficient (Wildman–Crippen LogP) is 3.09. The van der Waals surface area contributed by atoms with Gasteiger partial charge in [0.1, 0.15) is 5.75 Å². The number of likely N-dealkylation sites (tertiary alicyclic amines) is 1. The van der Waals surface area contributed by atoms with Crippen molar-refractivity contribution in [1.82, 2.24) is 9.80 Å². The Kier molecular flexibility index (Phi) is 5.93. The molecule has 1 aromatic rings. The van der Waals surface area contributed by atoms with E-state index in [-0.39, 0.29) is 17.2 Å². The summed E-state index contributed by atoms with van der Waals surface area (Å²) >= 11 is 0. The molecular weight excluding hydrogens is 302 g/mol. The van der Waals surface area contributed by atoms with Crippen LogP contribution in [0.2, 0.25) is 0 Å². The molecule has 0 N–H and O–H groups in total. The van der Waals surface area contributed by atoms with Crippen LogP contribution in [0.4, 0.5) is 8.78 Å². The lowest BCUT2D eigenvalue weighted by Crippen LogP contribution is -2.43. The fourth-order valence-electron chi connectivity index (χ4n) is 3.02. The van der Waals surface area contributed by atoms with Gasteiger partial charge in [-0.05, 0) is 51.9 Å². The number of hydrogen-bond acceptors (Lipinski definition) is 3. The lowest BCUT2D eigenvalue weighted by Gasteiger charge is -2.37. The molecule has 1 aliphatic rings. The van der Waals surface area contributed by atoms with Gasteiger partial charge in [-0.1, -0.05) is 12.1 Å². The Bertz CT molecular complexity index is 529. The molecule has 1 saturated heterocycles. The van der Waals surface area contributed by atoms with E-state index in [0.29, 0.717) is 25.0 Å². The standard InChI is InChI=1S/C17H24F2N2O2/c1-12(20(2)3)13-8-10-21(11-9-13)16(22)14-6-4-5-7-15(14)23-17(18)19/h4-7,12-13,17H,8-11H2,1-3H3. The minimum atomic E-state index is -2.93. The number of piperidine rings is 1. The molecule has 0 saturated carbocycles. The third kappa shape index (κ3) is 4.41. The first-order valence-corrected chi connectivity index (χ1v) is 7.89. The number of amides is 1. The fraction of sp³-hybridized carbons (Fsp3) is 0.588. The van der Waals surface area contributed by atoms with Gasteiger partial charge in [-0.3, -0.25) is 4.79 Å². The van der Waals surface area contributed by atoms with Crippen molar-refractivity contribution in [3.8, 4) is 5.75 Å². The third-order valence-corrected chi connectivity index (χ3v) is 4.66. The second kappa shape index (κ2) is 7.73.